The first-order chi connectivity index (χ1) is 26.8. The minimum atomic E-state index is -1.95. The maximum absolute atomic E-state index is 15.7. The second kappa shape index (κ2) is 20.8. The van der Waals surface area contributed by atoms with E-state index >= 15 is 4.39 Å². The van der Waals surface area contributed by atoms with Gasteiger partial charge in [-0.2, -0.15) is 10.4 Å². The fourth-order valence-electron chi connectivity index (χ4n) is 5.31. The van der Waals surface area contributed by atoms with Crippen LogP contribution in [0.4, 0.5) is 18.0 Å². The Morgan fingerprint density at radius 3 is 2.50 bits per heavy atom. The number of ether oxygens (including phenoxy) is 5. The minimum absolute atomic E-state index is 0.125. The SMILES string of the molecule is CC(OC(=O)CCC(=O)NCCC(=O)O)OC(=O)OC(Cn1cncn1)(c1ccc(F)cc1F)C(C)SC1COC(C=CC=Cc2ccc(C#N)cc2F)OC1. The number of esters is 1. The zero-order chi connectivity index (χ0) is 40.7. The number of aliphatic carboxylic acids is 1. The molecule has 0 saturated carbocycles. The average molecular weight is 802 g/mol. The molecule has 4 rings (SSSR count). The maximum Gasteiger partial charge on any atom is 0.512 e. The van der Waals surface area contributed by atoms with Crippen molar-refractivity contribution < 1.29 is 61.1 Å². The van der Waals surface area contributed by atoms with Crippen molar-refractivity contribution in [2.75, 3.05) is 19.8 Å². The van der Waals surface area contributed by atoms with Gasteiger partial charge in [0.2, 0.25) is 12.2 Å². The molecule has 0 radical (unpaired) electrons. The van der Waals surface area contributed by atoms with Crippen LogP contribution >= 0.6 is 11.8 Å². The van der Waals surface area contributed by atoms with E-state index in [9.17, 15) is 28.0 Å². The second-order valence-electron chi connectivity index (χ2n) is 12.2. The van der Waals surface area contributed by atoms with Gasteiger partial charge in [0.15, 0.2) is 11.9 Å². The zero-order valence-electron chi connectivity index (χ0n) is 30.1. The Bertz CT molecular complexity index is 1940. The van der Waals surface area contributed by atoms with Gasteiger partial charge in [0.25, 0.3) is 0 Å². The molecule has 1 amide bonds. The van der Waals surface area contributed by atoms with E-state index in [4.69, 9.17) is 34.1 Å². The number of hydrogen-bond acceptors (Lipinski definition) is 13. The van der Waals surface area contributed by atoms with Gasteiger partial charge in [0.05, 0.1) is 49.5 Å². The smallest absolute Gasteiger partial charge is 0.481 e. The zero-order valence-corrected chi connectivity index (χ0v) is 31.0. The molecular formula is C37H38F3N5O10S. The number of carbonyl (C=O) groups excluding carboxylic acids is 3. The predicted octanol–water partition coefficient (Wildman–Crippen LogP) is 5.01. The summed E-state index contributed by atoms with van der Waals surface area (Å²) >= 11 is 1.21. The van der Waals surface area contributed by atoms with Crippen molar-refractivity contribution in [3.63, 3.8) is 0 Å². The molecule has 56 heavy (non-hydrogen) atoms. The van der Waals surface area contributed by atoms with Crippen molar-refractivity contribution in [2.45, 2.75) is 68.3 Å². The van der Waals surface area contributed by atoms with Gasteiger partial charge in [0.1, 0.15) is 30.1 Å². The van der Waals surface area contributed by atoms with Crippen molar-refractivity contribution in [1.82, 2.24) is 20.1 Å². The second-order valence-corrected chi connectivity index (χ2v) is 13.8. The predicted molar refractivity (Wildman–Crippen MR) is 191 cm³/mol. The van der Waals surface area contributed by atoms with Gasteiger partial charge in [-0.05, 0) is 37.3 Å². The number of aromatic nitrogens is 3. The van der Waals surface area contributed by atoms with Crippen LogP contribution in [0.15, 0.2) is 67.3 Å². The molecule has 3 atom stereocenters. The highest BCUT2D eigenvalue weighted by atomic mass is 32.2. The van der Waals surface area contributed by atoms with Gasteiger partial charge in [0, 0.05) is 42.3 Å². The van der Waals surface area contributed by atoms with Crippen LogP contribution in [-0.4, -0.2) is 86.7 Å². The van der Waals surface area contributed by atoms with Crippen LogP contribution in [0.3, 0.4) is 0 Å². The lowest BCUT2D eigenvalue weighted by atomic mass is 9.89. The van der Waals surface area contributed by atoms with Gasteiger partial charge in [-0.1, -0.05) is 24.3 Å². The standard InChI is InChI=1S/C37H38F3N5O10S/c1-23(56-28-18-51-35(52-19-28)6-4-3-5-26-8-7-25(17-41)15-30(26)39)37(20-45-22-42-21-44-45,29-10-9-27(38)16-31(29)40)55-36(50)54-24(2)53-34(49)12-11-32(46)43-14-13-33(47)48/h3-10,15-16,21-24,28,35H,11-14,18-20H2,1-2H3,(H,43,46)(H,47,48). The third kappa shape index (κ3) is 13.0. The van der Waals surface area contributed by atoms with Gasteiger partial charge < -0.3 is 34.1 Å². The monoisotopic (exact) mass is 801 g/mol. The van der Waals surface area contributed by atoms with E-state index in [1.165, 1.54) is 54.2 Å². The van der Waals surface area contributed by atoms with Crippen molar-refractivity contribution >= 4 is 41.8 Å². The third-order valence-corrected chi connectivity index (χ3v) is 9.47. The first-order valence-corrected chi connectivity index (χ1v) is 18.0. The van der Waals surface area contributed by atoms with Gasteiger partial charge in [-0.15, -0.1) is 11.8 Å². The molecule has 1 aliphatic rings. The molecule has 3 unspecified atom stereocenters. The van der Waals surface area contributed by atoms with Crippen LogP contribution in [0, 0.1) is 28.8 Å². The van der Waals surface area contributed by atoms with E-state index < -0.39 is 76.6 Å². The number of halogens is 3. The number of nitrogens with zero attached hydrogens (tertiary/aromatic N) is 4. The van der Waals surface area contributed by atoms with E-state index in [1.807, 2.05) is 6.07 Å². The molecule has 2 heterocycles. The van der Waals surface area contributed by atoms with E-state index in [0.717, 1.165) is 18.2 Å². The summed E-state index contributed by atoms with van der Waals surface area (Å²) < 4.78 is 73.2. The van der Waals surface area contributed by atoms with Crippen molar-refractivity contribution in [3.05, 3.63) is 101 Å². The number of allylic oxidation sites excluding steroid dienone is 2. The summed E-state index contributed by atoms with van der Waals surface area (Å²) in [5, 5.41) is 22.8. The Balaban J connectivity index is 1.44. The maximum atomic E-state index is 15.7. The number of benzene rings is 2. The summed E-state index contributed by atoms with van der Waals surface area (Å²) in [6.45, 7) is 2.68. The normalized spacial score (nSPS) is 17.7. The Kier molecular flexibility index (Phi) is 16.0. The average Bonchev–Trinajstić information content (AvgIpc) is 3.66. The number of carbonyl (C=O) groups is 4. The van der Waals surface area contributed by atoms with Crippen molar-refractivity contribution in [3.8, 4) is 6.07 Å². The molecule has 1 aliphatic heterocycles. The Morgan fingerprint density at radius 2 is 1.84 bits per heavy atom. The van der Waals surface area contributed by atoms with E-state index in [2.05, 4.69) is 15.4 Å². The van der Waals surface area contributed by atoms with Crippen LogP contribution in [0.2, 0.25) is 0 Å². The quantitative estimate of drug-likeness (QED) is 0.0988. The number of hydrogen-bond donors (Lipinski definition) is 2. The summed E-state index contributed by atoms with van der Waals surface area (Å²) in [5.74, 6) is -5.08. The molecule has 2 aromatic carbocycles. The molecule has 0 aliphatic carbocycles. The van der Waals surface area contributed by atoms with Crippen LogP contribution in [0.25, 0.3) is 6.08 Å². The first-order valence-electron chi connectivity index (χ1n) is 17.1. The summed E-state index contributed by atoms with van der Waals surface area (Å²) in [5.41, 5.74) is -1.69. The van der Waals surface area contributed by atoms with E-state index in [1.54, 1.807) is 25.2 Å². The van der Waals surface area contributed by atoms with Crippen LogP contribution in [0.1, 0.15) is 49.8 Å². The molecule has 1 aromatic heterocycles. The number of carboxylic acid groups (broad SMARTS) is 1. The molecule has 0 spiro atoms. The fourth-order valence-corrected chi connectivity index (χ4v) is 6.68. The summed E-state index contributed by atoms with van der Waals surface area (Å²) in [6, 6.07) is 8.74. The molecule has 1 saturated heterocycles. The lowest BCUT2D eigenvalue weighted by molar-refractivity contribution is -0.172. The Hall–Kier alpha value is -5.71. The highest BCUT2D eigenvalue weighted by Gasteiger charge is 2.47. The molecule has 1 fully saturated rings. The molecule has 0 bridgehead atoms. The molecule has 19 heteroatoms. The lowest BCUT2D eigenvalue weighted by Crippen LogP contribution is -2.47. The number of amides is 1. The van der Waals surface area contributed by atoms with Crippen LogP contribution < -0.4 is 5.32 Å². The number of carboxylic acids is 1. The number of nitriles is 1. The number of nitrogens with one attached hydrogen (secondary N) is 1. The molecule has 15 nitrogen and oxygen atoms in total. The van der Waals surface area contributed by atoms with Gasteiger partial charge >= 0.3 is 18.1 Å². The fraction of sp³-hybridized carbons (Fsp3) is 0.378. The third-order valence-electron chi connectivity index (χ3n) is 8.02. The molecular weight excluding hydrogens is 763 g/mol. The highest BCUT2D eigenvalue weighted by Crippen LogP contribution is 2.42. The summed E-state index contributed by atoms with van der Waals surface area (Å²) in [7, 11) is 0. The molecule has 2 N–H and O–H groups in total. The highest BCUT2D eigenvalue weighted by molar-refractivity contribution is 8.00. The lowest BCUT2D eigenvalue weighted by Gasteiger charge is -2.40. The topological polar surface area (TPSA) is 201 Å². The van der Waals surface area contributed by atoms with Crippen LogP contribution in [0.5, 0.6) is 0 Å². The minimum Gasteiger partial charge on any atom is -0.481 e. The van der Waals surface area contributed by atoms with Crippen LogP contribution in [-0.2, 0) is 50.2 Å². The summed E-state index contributed by atoms with van der Waals surface area (Å²) in [6.07, 6.45) is 4.13. The Morgan fingerprint density at radius 1 is 1.07 bits per heavy atom. The summed E-state index contributed by atoms with van der Waals surface area (Å²) in [4.78, 5) is 52.1. The number of thioether (sulfide) groups is 1. The van der Waals surface area contributed by atoms with Crippen molar-refractivity contribution in [2.24, 2.45) is 0 Å². The Labute approximate surface area is 323 Å². The molecule has 3 aromatic rings. The van der Waals surface area contributed by atoms with E-state index in [0.29, 0.717) is 6.07 Å². The molecule has 298 valence electrons. The van der Waals surface area contributed by atoms with E-state index in [-0.39, 0.29) is 55.8 Å². The first kappa shape index (κ1) is 43.0. The van der Waals surface area contributed by atoms with Crippen molar-refractivity contribution in [1.29, 1.82) is 5.26 Å². The number of rotatable bonds is 18. The van der Waals surface area contributed by atoms with Gasteiger partial charge in [-0.3, -0.25) is 14.4 Å². The largest absolute Gasteiger partial charge is 0.512 e. The van der Waals surface area contributed by atoms with Gasteiger partial charge in [-0.25, -0.2) is 27.6 Å².